The molecule has 0 saturated heterocycles. The maximum Gasteiger partial charge on any atom is 0.137 e. The Morgan fingerprint density at radius 1 is 1.21 bits per heavy atom. The van der Waals surface area contributed by atoms with Crippen molar-refractivity contribution in [3.63, 3.8) is 0 Å². The first-order valence-electron chi connectivity index (χ1n) is 4.90. The third-order valence-electron chi connectivity index (χ3n) is 2.85. The molecule has 1 heterocycles. The molecule has 0 fully saturated rings. The van der Waals surface area contributed by atoms with Gasteiger partial charge >= 0.3 is 0 Å². The Labute approximate surface area is 84.5 Å². The summed E-state index contributed by atoms with van der Waals surface area (Å²) in [6.45, 7) is 4.09. The fraction of sp³-hybridized carbons (Fsp3) is 0.333. The van der Waals surface area contributed by atoms with E-state index in [9.17, 15) is 5.11 Å². The summed E-state index contributed by atoms with van der Waals surface area (Å²) in [5, 5.41) is 9.96. The van der Waals surface area contributed by atoms with Gasteiger partial charge in [-0.15, -0.1) is 0 Å². The second kappa shape index (κ2) is 3.46. The minimum absolute atomic E-state index is 0.218. The quantitative estimate of drug-likeness (QED) is 0.733. The first kappa shape index (κ1) is 9.28. The standard InChI is InChI=1S/C12H15NO/c1-9-8-13(12(14)10(9)2)11-6-4-3-5-7-11/h3-8,10,12,14H,1-2H3. The normalized spacial score (nSPS) is 26.5. The second-order valence-electron chi connectivity index (χ2n) is 3.82. The Morgan fingerprint density at radius 3 is 2.36 bits per heavy atom. The van der Waals surface area contributed by atoms with Crippen LogP contribution in [0.15, 0.2) is 42.1 Å². The number of aliphatic hydroxyl groups is 1. The number of rotatable bonds is 1. The molecule has 2 nitrogen and oxygen atoms in total. The molecule has 0 aromatic heterocycles. The second-order valence-corrected chi connectivity index (χ2v) is 3.82. The average molecular weight is 189 g/mol. The van der Waals surface area contributed by atoms with E-state index in [1.165, 1.54) is 5.57 Å². The first-order chi connectivity index (χ1) is 6.70. The van der Waals surface area contributed by atoms with Crippen molar-refractivity contribution in [1.82, 2.24) is 0 Å². The summed E-state index contributed by atoms with van der Waals surface area (Å²) in [7, 11) is 0. The molecular weight excluding hydrogens is 174 g/mol. The molecule has 0 spiro atoms. The van der Waals surface area contributed by atoms with Crippen molar-refractivity contribution < 1.29 is 5.11 Å². The summed E-state index contributed by atoms with van der Waals surface area (Å²) >= 11 is 0. The minimum atomic E-state index is -0.419. The summed E-state index contributed by atoms with van der Waals surface area (Å²) < 4.78 is 0. The molecule has 0 aliphatic carbocycles. The third-order valence-corrected chi connectivity index (χ3v) is 2.85. The van der Waals surface area contributed by atoms with Crippen molar-refractivity contribution in [1.29, 1.82) is 0 Å². The van der Waals surface area contributed by atoms with E-state index < -0.39 is 6.23 Å². The van der Waals surface area contributed by atoms with Crippen LogP contribution in [0.1, 0.15) is 13.8 Å². The topological polar surface area (TPSA) is 23.5 Å². The van der Waals surface area contributed by atoms with E-state index in [2.05, 4.69) is 6.92 Å². The fourth-order valence-corrected chi connectivity index (χ4v) is 1.72. The highest BCUT2D eigenvalue weighted by atomic mass is 16.3. The van der Waals surface area contributed by atoms with Crippen LogP contribution in [0.25, 0.3) is 0 Å². The van der Waals surface area contributed by atoms with Crippen molar-refractivity contribution >= 4 is 5.69 Å². The third kappa shape index (κ3) is 1.42. The van der Waals surface area contributed by atoms with Gasteiger partial charge in [-0.3, -0.25) is 0 Å². The van der Waals surface area contributed by atoms with E-state index in [1.807, 2.05) is 48.4 Å². The van der Waals surface area contributed by atoms with Crippen molar-refractivity contribution in [2.45, 2.75) is 20.1 Å². The number of aliphatic hydroxyl groups excluding tert-OH is 1. The minimum Gasteiger partial charge on any atom is -0.373 e. The van der Waals surface area contributed by atoms with Crippen LogP contribution in [0.3, 0.4) is 0 Å². The maximum atomic E-state index is 9.96. The molecule has 74 valence electrons. The van der Waals surface area contributed by atoms with Crippen molar-refractivity contribution in [2.75, 3.05) is 4.90 Å². The fourth-order valence-electron chi connectivity index (χ4n) is 1.72. The zero-order valence-corrected chi connectivity index (χ0v) is 8.51. The Hall–Kier alpha value is -1.28. The van der Waals surface area contributed by atoms with Crippen molar-refractivity contribution in [2.24, 2.45) is 5.92 Å². The van der Waals surface area contributed by atoms with E-state index in [4.69, 9.17) is 0 Å². The van der Waals surface area contributed by atoms with Gasteiger partial charge in [-0.05, 0) is 24.6 Å². The van der Waals surface area contributed by atoms with Crippen LogP contribution < -0.4 is 4.90 Å². The molecule has 2 atom stereocenters. The van der Waals surface area contributed by atoms with Crippen LogP contribution in [0.2, 0.25) is 0 Å². The lowest BCUT2D eigenvalue weighted by molar-refractivity contribution is 0.149. The van der Waals surface area contributed by atoms with Gasteiger partial charge in [0.25, 0.3) is 0 Å². The Morgan fingerprint density at radius 2 is 1.86 bits per heavy atom. The lowest BCUT2D eigenvalue weighted by Crippen LogP contribution is -2.30. The molecule has 1 aromatic carbocycles. The van der Waals surface area contributed by atoms with E-state index in [1.54, 1.807) is 0 Å². The Balaban J connectivity index is 2.30. The van der Waals surface area contributed by atoms with E-state index in [0.29, 0.717) is 0 Å². The van der Waals surface area contributed by atoms with Crippen molar-refractivity contribution in [3.8, 4) is 0 Å². The van der Waals surface area contributed by atoms with Crippen LogP contribution in [-0.2, 0) is 0 Å². The number of para-hydroxylation sites is 1. The number of benzene rings is 1. The number of anilines is 1. The summed E-state index contributed by atoms with van der Waals surface area (Å²) in [4.78, 5) is 1.92. The average Bonchev–Trinajstić information content (AvgIpc) is 2.47. The highest BCUT2D eigenvalue weighted by molar-refractivity contribution is 5.52. The first-order valence-corrected chi connectivity index (χ1v) is 4.90. The van der Waals surface area contributed by atoms with Crippen LogP contribution in [-0.4, -0.2) is 11.3 Å². The highest BCUT2D eigenvalue weighted by Gasteiger charge is 2.28. The van der Waals surface area contributed by atoms with Gasteiger partial charge in [0, 0.05) is 17.8 Å². The summed E-state index contributed by atoms with van der Waals surface area (Å²) in [5.41, 5.74) is 2.27. The zero-order valence-electron chi connectivity index (χ0n) is 8.51. The number of nitrogens with zero attached hydrogens (tertiary/aromatic N) is 1. The number of hydrogen-bond donors (Lipinski definition) is 1. The summed E-state index contributed by atoms with van der Waals surface area (Å²) in [6, 6.07) is 9.95. The van der Waals surface area contributed by atoms with Gasteiger partial charge in [-0.2, -0.15) is 0 Å². The summed E-state index contributed by atoms with van der Waals surface area (Å²) in [6.07, 6.45) is 1.60. The smallest absolute Gasteiger partial charge is 0.137 e. The van der Waals surface area contributed by atoms with Gasteiger partial charge in [-0.1, -0.05) is 25.1 Å². The molecule has 0 bridgehead atoms. The molecule has 1 aliphatic rings. The molecule has 2 heteroatoms. The van der Waals surface area contributed by atoms with E-state index >= 15 is 0 Å². The molecule has 1 aliphatic heterocycles. The van der Waals surface area contributed by atoms with Crippen LogP contribution >= 0.6 is 0 Å². The molecule has 0 amide bonds. The number of hydrogen-bond acceptors (Lipinski definition) is 2. The monoisotopic (exact) mass is 189 g/mol. The maximum absolute atomic E-state index is 9.96. The molecule has 14 heavy (non-hydrogen) atoms. The van der Waals surface area contributed by atoms with Crippen LogP contribution in [0.5, 0.6) is 0 Å². The van der Waals surface area contributed by atoms with Gasteiger partial charge in [0.05, 0.1) is 0 Å². The summed E-state index contributed by atoms with van der Waals surface area (Å²) in [5.74, 6) is 0.218. The molecular formula is C12H15NO. The molecule has 0 saturated carbocycles. The van der Waals surface area contributed by atoms with Gasteiger partial charge < -0.3 is 10.0 Å². The lowest BCUT2D eigenvalue weighted by Gasteiger charge is -2.23. The van der Waals surface area contributed by atoms with Crippen LogP contribution in [0.4, 0.5) is 5.69 Å². The Bertz CT molecular complexity index is 345. The van der Waals surface area contributed by atoms with Gasteiger partial charge in [0.2, 0.25) is 0 Å². The van der Waals surface area contributed by atoms with E-state index in [-0.39, 0.29) is 5.92 Å². The molecule has 1 N–H and O–H groups in total. The molecule has 0 radical (unpaired) electrons. The largest absolute Gasteiger partial charge is 0.373 e. The predicted molar refractivity (Wildman–Crippen MR) is 57.8 cm³/mol. The SMILES string of the molecule is CC1=CN(c2ccccc2)C(O)C1C. The lowest BCUT2D eigenvalue weighted by atomic mass is 10.1. The molecule has 2 rings (SSSR count). The molecule has 1 aromatic rings. The zero-order chi connectivity index (χ0) is 10.1. The molecule has 2 unspecified atom stereocenters. The van der Waals surface area contributed by atoms with Crippen LogP contribution in [0, 0.1) is 5.92 Å². The van der Waals surface area contributed by atoms with Gasteiger partial charge in [0.15, 0.2) is 0 Å². The van der Waals surface area contributed by atoms with Gasteiger partial charge in [0.1, 0.15) is 6.23 Å². The highest BCUT2D eigenvalue weighted by Crippen LogP contribution is 2.30. The van der Waals surface area contributed by atoms with Gasteiger partial charge in [-0.25, -0.2) is 0 Å². The van der Waals surface area contributed by atoms with E-state index in [0.717, 1.165) is 5.69 Å². The predicted octanol–water partition coefficient (Wildman–Crippen LogP) is 2.36. The Kier molecular flexibility index (Phi) is 2.30. The van der Waals surface area contributed by atoms with Crippen molar-refractivity contribution in [3.05, 3.63) is 42.1 Å².